The maximum atomic E-state index is 11.7. The van der Waals surface area contributed by atoms with Gasteiger partial charge < -0.3 is 39.7 Å². The Morgan fingerprint density at radius 2 is 1.96 bits per heavy atom. The van der Waals surface area contributed by atoms with Crippen molar-refractivity contribution in [3.05, 3.63) is 22.8 Å². The molecule has 0 aromatic carbocycles. The minimum absolute atomic E-state index is 0.0642. The lowest BCUT2D eigenvalue weighted by Gasteiger charge is -2.39. The second-order valence-electron chi connectivity index (χ2n) is 5.82. The van der Waals surface area contributed by atoms with Crippen molar-refractivity contribution >= 4 is 5.97 Å². The van der Waals surface area contributed by atoms with Crippen LogP contribution in [0.3, 0.4) is 0 Å². The zero-order chi connectivity index (χ0) is 18.6. The second kappa shape index (κ2) is 8.86. The number of aliphatic hydroxyl groups excluding tert-OH is 5. The third-order valence-corrected chi connectivity index (χ3v) is 4.34. The van der Waals surface area contributed by atoms with Crippen LogP contribution >= 0.6 is 0 Å². The molecule has 0 spiro atoms. The van der Waals surface area contributed by atoms with Crippen molar-refractivity contribution < 1.29 is 44.5 Å². The van der Waals surface area contributed by atoms with E-state index in [0.717, 1.165) is 0 Å². The minimum atomic E-state index is -1.53. The van der Waals surface area contributed by atoms with E-state index in [1.54, 1.807) is 13.0 Å². The zero-order valence-electron chi connectivity index (χ0n) is 13.9. The van der Waals surface area contributed by atoms with Gasteiger partial charge in [0.15, 0.2) is 6.29 Å². The monoisotopic (exact) mass is 360 g/mol. The third-order valence-electron chi connectivity index (χ3n) is 4.34. The number of ether oxygens (including phenoxy) is 3. The molecule has 9 heteroatoms. The Balaban J connectivity index is 2.09. The van der Waals surface area contributed by atoms with E-state index < -0.39 is 49.9 Å². The number of hydrogen-bond acceptors (Lipinski definition) is 9. The second-order valence-corrected chi connectivity index (χ2v) is 5.82. The van der Waals surface area contributed by atoms with Crippen LogP contribution in [0.1, 0.15) is 13.3 Å². The summed E-state index contributed by atoms with van der Waals surface area (Å²) in [5.41, 5.74) is 1.36. The summed E-state index contributed by atoms with van der Waals surface area (Å²) in [6.45, 7) is 0.840. The summed E-state index contributed by atoms with van der Waals surface area (Å²) >= 11 is 0. The molecule has 2 aliphatic heterocycles. The Bertz CT molecular complexity index is 540. The van der Waals surface area contributed by atoms with Crippen LogP contribution in [0.4, 0.5) is 0 Å². The van der Waals surface area contributed by atoms with Crippen molar-refractivity contribution in [3.63, 3.8) is 0 Å². The molecule has 0 aromatic rings. The van der Waals surface area contributed by atoms with E-state index in [1.807, 2.05) is 0 Å². The molecule has 25 heavy (non-hydrogen) atoms. The van der Waals surface area contributed by atoms with Gasteiger partial charge in [-0.05, 0) is 18.1 Å². The molecule has 0 saturated carbocycles. The average molecular weight is 360 g/mol. The molecule has 0 aliphatic carbocycles. The first kappa shape index (κ1) is 20.0. The van der Waals surface area contributed by atoms with E-state index in [0.29, 0.717) is 17.6 Å². The van der Waals surface area contributed by atoms with Crippen molar-refractivity contribution in [2.75, 3.05) is 26.4 Å². The predicted molar refractivity (Wildman–Crippen MR) is 83.2 cm³/mol. The van der Waals surface area contributed by atoms with Gasteiger partial charge in [0.25, 0.3) is 0 Å². The van der Waals surface area contributed by atoms with Crippen molar-refractivity contribution in [1.29, 1.82) is 0 Å². The average Bonchev–Trinajstić information content (AvgIpc) is 2.62. The Morgan fingerprint density at radius 1 is 1.24 bits per heavy atom. The molecule has 5 N–H and O–H groups in total. The molecular weight excluding hydrogens is 336 g/mol. The van der Waals surface area contributed by atoms with Gasteiger partial charge in [0.2, 0.25) is 0 Å². The standard InChI is InChI=1S/C16H24O9/c1-2-8(9-3-4-23-15(22)10(9)5-17)7-24-16-14(21)13(20)12(19)11(6-18)25-16/h2,11-14,16-21H,3-7H2,1H3/b8-2+/t11-,12-,13+,14-,16-/m1/s1. The molecule has 9 nitrogen and oxygen atoms in total. The molecule has 2 aliphatic rings. The molecular formula is C16H24O9. The van der Waals surface area contributed by atoms with E-state index in [1.165, 1.54) is 0 Å². The fourth-order valence-corrected chi connectivity index (χ4v) is 2.84. The summed E-state index contributed by atoms with van der Waals surface area (Å²) in [7, 11) is 0. The Kier molecular flexibility index (Phi) is 7.08. The number of esters is 1. The lowest BCUT2D eigenvalue weighted by Crippen LogP contribution is -2.59. The van der Waals surface area contributed by atoms with Crippen LogP contribution in [0, 0.1) is 0 Å². The van der Waals surface area contributed by atoms with Crippen LogP contribution in [-0.2, 0) is 19.0 Å². The Morgan fingerprint density at radius 3 is 2.56 bits per heavy atom. The smallest absolute Gasteiger partial charge is 0.336 e. The third kappa shape index (κ3) is 4.26. The summed E-state index contributed by atoms with van der Waals surface area (Å²) in [5.74, 6) is -0.587. The van der Waals surface area contributed by atoms with Crippen LogP contribution in [0.5, 0.6) is 0 Å². The van der Waals surface area contributed by atoms with Gasteiger partial charge in [0, 0.05) is 6.42 Å². The van der Waals surface area contributed by atoms with Crippen LogP contribution in [-0.4, -0.2) is 88.6 Å². The summed E-state index contributed by atoms with van der Waals surface area (Å²) < 4.78 is 15.7. The van der Waals surface area contributed by atoms with Gasteiger partial charge in [-0.25, -0.2) is 4.79 Å². The molecule has 0 bridgehead atoms. The first-order chi connectivity index (χ1) is 11.9. The minimum Gasteiger partial charge on any atom is -0.462 e. The number of hydrogen-bond donors (Lipinski definition) is 5. The topological polar surface area (TPSA) is 146 Å². The number of carbonyl (C=O) groups is 1. The predicted octanol–water partition coefficient (Wildman–Crippen LogP) is -2.01. The van der Waals surface area contributed by atoms with Gasteiger partial charge >= 0.3 is 5.97 Å². The van der Waals surface area contributed by atoms with Gasteiger partial charge in [0.1, 0.15) is 24.4 Å². The highest BCUT2D eigenvalue weighted by atomic mass is 16.7. The molecule has 0 radical (unpaired) electrons. The van der Waals surface area contributed by atoms with Crippen LogP contribution in [0.2, 0.25) is 0 Å². The number of carbonyl (C=O) groups excluding carboxylic acids is 1. The van der Waals surface area contributed by atoms with E-state index >= 15 is 0 Å². The Hall–Kier alpha value is -1.33. The van der Waals surface area contributed by atoms with Crippen molar-refractivity contribution in [2.45, 2.75) is 44.1 Å². The highest BCUT2D eigenvalue weighted by Crippen LogP contribution is 2.27. The molecule has 0 amide bonds. The Labute approximate surface area is 144 Å². The van der Waals surface area contributed by atoms with Gasteiger partial charge in [-0.3, -0.25) is 0 Å². The maximum Gasteiger partial charge on any atom is 0.336 e. The number of cyclic esters (lactones) is 1. The molecule has 0 aromatic heterocycles. The van der Waals surface area contributed by atoms with Gasteiger partial charge in [-0.2, -0.15) is 0 Å². The quantitative estimate of drug-likeness (QED) is 0.339. The largest absolute Gasteiger partial charge is 0.462 e. The SMILES string of the molecule is C/C=C(\CO[C@@H]1O[C@H](CO)[C@@H](O)[C@H](O)[C@H]1O)C1=C(CO)C(=O)OCC1. The number of aliphatic hydroxyl groups is 5. The summed E-state index contributed by atoms with van der Waals surface area (Å²) in [6, 6.07) is 0. The summed E-state index contributed by atoms with van der Waals surface area (Å²) in [6.07, 6.45) is -4.70. The molecule has 5 atom stereocenters. The molecule has 1 fully saturated rings. The zero-order valence-corrected chi connectivity index (χ0v) is 13.9. The fourth-order valence-electron chi connectivity index (χ4n) is 2.84. The van der Waals surface area contributed by atoms with Crippen LogP contribution < -0.4 is 0 Å². The van der Waals surface area contributed by atoms with Crippen molar-refractivity contribution in [2.24, 2.45) is 0 Å². The highest BCUT2D eigenvalue weighted by Gasteiger charge is 2.44. The number of rotatable bonds is 6. The summed E-state index contributed by atoms with van der Waals surface area (Å²) in [4.78, 5) is 11.7. The van der Waals surface area contributed by atoms with Crippen LogP contribution in [0.25, 0.3) is 0 Å². The molecule has 2 rings (SSSR count). The first-order valence-corrected chi connectivity index (χ1v) is 8.02. The highest BCUT2D eigenvalue weighted by molar-refractivity contribution is 5.91. The maximum absolute atomic E-state index is 11.7. The fraction of sp³-hybridized carbons (Fsp3) is 0.688. The van der Waals surface area contributed by atoms with E-state index in [4.69, 9.17) is 14.2 Å². The van der Waals surface area contributed by atoms with Gasteiger partial charge in [-0.15, -0.1) is 0 Å². The van der Waals surface area contributed by atoms with Gasteiger partial charge in [-0.1, -0.05) is 6.08 Å². The van der Waals surface area contributed by atoms with Crippen molar-refractivity contribution in [3.8, 4) is 0 Å². The first-order valence-electron chi connectivity index (χ1n) is 8.02. The molecule has 2 heterocycles. The summed E-state index contributed by atoms with van der Waals surface area (Å²) in [5, 5.41) is 48.0. The number of allylic oxidation sites excluding steroid dienone is 1. The normalized spacial score (nSPS) is 34.2. The van der Waals surface area contributed by atoms with E-state index in [-0.39, 0.29) is 18.8 Å². The van der Waals surface area contributed by atoms with Crippen LogP contribution in [0.15, 0.2) is 22.8 Å². The molecule has 1 saturated heterocycles. The van der Waals surface area contributed by atoms with E-state index in [9.17, 15) is 30.3 Å². The lowest BCUT2D eigenvalue weighted by molar-refractivity contribution is -0.298. The molecule has 142 valence electrons. The van der Waals surface area contributed by atoms with Crippen molar-refractivity contribution in [1.82, 2.24) is 0 Å². The lowest BCUT2D eigenvalue weighted by atomic mass is 9.95. The molecule has 0 unspecified atom stereocenters. The van der Waals surface area contributed by atoms with Gasteiger partial charge in [0.05, 0.1) is 32.0 Å². The van der Waals surface area contributed by atoms with E-state index in [2.05, 4.69) is 0 Å².